The van der Waals surface area contributed by atoms with Gasteiger partial charge in [-0.1, -0.05) is 21.1 Å². The third kappa shape index (κ3) is 2.85. The predicted octanol–water partition coefficient (Wildman–Crippen LogP) is 3.07. The highest BCUT2D eigenvalue weighted by Crippen LogP contribution is 2.25. The van der Waals surface area contributed by atoms with Crippen LogP contribution in [0.3, 0.4) is 0 Å². The highest BCUT2D eigenvalue weighted by atomic mass is 79.9. The molecule has 0 spiro atoms. The van der Waals surface area contributed by atoms with Crippen LogP contribution in [-0.4, -0.2) is 15.1 Å². The maximum Gasteiger partial charge on any atom is 0.258 e. The zero-order valence-electron chi connectivity index (χ0n) is 10.5. The quantitative estimate of drug-likeness (QED) is 0.746. The highest BCUT2D eigenvalue weighted by molar-refractivity contribution is 9.10. The van der Waals surface area contributed by atoms with E-state index >= 15 is 0 Å². The molecule has 0 saturated heterocycles. The third-order valence-electron chi connectivity index (χ3n) is 2.75. The van der Waals surface area contributed by atoms with E-state index in [0.717, 1.165) is 15.6 Å². The summed E-state index contributed by atoms with van der Waals surface area (Å²) in [5.41, 5.74) is 8.32. The van der Waals surface area contributed by atoms with E-state index in [0.29, 0.717) is 23.8 Å². The van der Waals surface area contributed by atoms with Gasteiger partial charge in [0, 0.05) is 34.5 Å². The van der Waals surface area contributed by atoms with Crippen molar-refractivity contribution in [2.24, 2.45) is 0 Å². The van der Waals surface area contributed by atoms with Crippen molar-refractivity contribution < 1.29 is 4.52 Å². The minimum atomic E-state index is 0.460. The lowest BCUT2D eigenvalue weighted by Gasteiger charge is -1.98. The molecule has 3 rings (SSSR count). The summed E-state index contributed by atoms with van der Waals surface area (Å²) in [5, 5.41) is 3.98. The van der Waals surface area contributed by atoms with Gasteiger partial charge in [-0.2, -0.15) is 4.98 Å². The maximum absolute atomic E-state index is 5.80. The number of benzene rings is 1. The SMILES string of the molecule is Nc1cc(Br)cc(-c2nc(Cc3ccncc3)no2)c1. The second kappa shape index (κ2) is 5.42. The lowest BCUT2D eigenvalue weighted by atomic mass is 10.2. The summed E-state index contributed by atoms with van der Waals surface area (Å²) in [7, 11) is 0. The van der Waals surface area contributed by atoms with Crippen molar-refractivity contribution in [1.29, 1.82) is 0 Å². The number of nitrogen functional groups attached to an aromatic ring is 1. The monoisotopic (exact) mass is 330 g/mol. The lowest BCUT2D eigenvalue weighted by molar-refractivity contribution is 0.424. The Morgan fingerprint density at radius 3 is 2.70 bits per heavy atom. The van der Waals surface area contributed by atoms with Crippen LogP contribution in [0, 0.1) is 0 Å². The Bertz CT molecular complexity index is 707. The minimum absolute atomic E-state index is 0.460. The Balaban J connectivity index is 1.86. The number of rotatable bonds is 3. The lowest BCUT2D eigenvalue weighted by Crippen LogP contribution is -1.91. The number of nitrogens with zero attached hydrogens (tertiary/aromatic N) is 3. The van der Waals surface area contributed by atoms with Gasteiger partial charge in [0.2, 0.25) is 0 Å². The molecule has 1 aromatic carbocycles. The van der Waals surface area contributed by atoms with Crippen molar-refractivity contribution in [2.45, 2.75) is 6.42 Å². The average molecular weight is 331 g/mol. The first kappa shape index (κ1) is 12.8. The van der Waals surface area contributed by atoms with Gasteiger partial charge >= 0.3 is 0 Å². The number of anilines is 1. The Kier molecular flexibility index (Phi) is 3.47. The molecule has 0 radical (unpaired) electrons. The fourth-order valence-electron chi connectivity index (χ4n) is 1.86. The standard InChI is InChI=1S/C14H11BrN4O/c15-11-6-10(7-12(16)8-11)14-18-13(19-20-14)5-9-1-3-17-4-2-9/h1-4,6-8H,5,16H2. The van der Waals surface area contributed by atoms with E-state index in [1.54, 1.807) is 18.5 Å². The van der Waals surface area contributed by atoms with Crippen LogP contribution < -0.4 is 5.73 Å². The molecule has 20 heavy (non-hydrogen) atoms. The van der Waals surface area contributed by atoms with Gasteiger partial charge in [0.05, 0.1) is 0 Å². The molecule has 0 atom stereocenters. The fourth-order valence-corrected chi connectivity index (χ4v) is 2.37. The summed E-state index contributed by atoms with van der Waals surface area (Å²) < 4.78 is 6.16. The van der Waals surface area contributed by atoms with E-state index in [2.05, 4.69) is 31.1 Å². The predicted molar refractivity (Wildman–Crippen MR) is 78.9 cm³/mol. The van der Waals surface area contributed by atoms with Gasteiger partial charge in [-0.25, -0.2) is 0 Å². The van der Waals surface area contributed by atoms with Crippen LogP contribution >= 0.6 is 15.9 Å². The molecule has 0 aliphatic rings. The van der Waals surface area contributed by atoms with Crippen molar-refractivity contribution in [3.8, 4) is 11.5 Å². The first-order chi connectivity index (χ1) is 9.70. The van der Waals surface area contributed by atoms with Crippen molar-refractivity contribution in [3.63, 3.8) is 0 Å². The van der Waals surface area contributed by atoms with E-state index < -0.39 is 0 Å². The molecule has 3 aromatic rings. The first-order valence-electron chi connectivity index (χ1n) is 5.98. The van der Waals surface area contributed by atoms with Gasteiger partial charge < -0.3 is 10.3 Å². The van der Waals surface area contributed by atoms with Gasteiger partial charge in [0.25, 0.3) is 5.89 Å². The molecule has 0 bridgehead atoms. The van der Waals surface area contributed by atoms with Crippen LogP contribution in [0.1, 0.15) is 11.4 Å². The highest BCUT2D eigenvalue weighted by Gasteiger charge is 2.10. The van der Waals surface area contributed by atoms with Crippen molar-refractivity contribution >= 4 is 21.6 Å². The van der Waals surface area contributed by atoms with Crippen LogP contribution in [0.25, 0.3) is 11.5 Å². The first-order valence-corrected chi connectivity index (χ1v) is 6.78. The minimum Gasteiger partial charge on any atom is -0.399 e. The molecule has 0 saturated carbocycles. The number of nitrogens with two attached hydrogens (primary N) is 1. The molecule has 2 aromatic heterocycles. The molecule has 5 nitrogen and oxygen atoms in total. The van der Waals surface area contributed by atoms with Gasteiger partial charge in [0.15, 0.2) is 5.82 Å². The summed E-state index contributed by atoms with van der Waals surface area (Å²) >= 11 is 3.39. The summed E-state index contributed by atoms with van der Waals surface area (Å²) in [6.45, 7) is 0. The van der Waals surface area contributed by atoms with Crippen LogP contribution in [0.4, 0.5) is 5.69 Å². The van der Waals surface area contributed by atoms with Crippen LogP contribution in [0.5, 0.6) is 0 Å². The van der Waals surface area contributed by atoms with E-state index in [1.807, 2.05) is 24.3 Å². The fraction of sp³-hybridized carbons (Fsp3) is 0.0714. The number of aromatic nitrogens is 3. The zero-order valence-corrected chi connectivity index (χ0v) is 12.0. The molecule has 6 heteroatoms. The third-order valence-corrected chi connectivity index (χ3v) is 3.20. The Labute approximate surface area is 124 Å². The zero-order chi connectivity index (χ0) is 13.9. The topological polar surface area (TPSA) is 77.8 Å². The molecule has 0 fully saturated rings. The number of pyridine rings is 1. The second-order valence-corrected chi connectivity index (χ2v) is 5.24. The molecular formula is C14H11BrN4O. The second-order valence-electron chi connectivity index (χ2n) is 4.32. The normalized spacial score (nSPS) is 10.7. The summed E-state index contributed by atoms with van der Waals surface area (Å²) in [5.74, 6) is 1.09. The van der Waals surface area contributed by atoms with Crippen molar-refractivity contribution in [1.82, 2.24) is 15.1 Å². The maximum atomic E-state index is 5.80. The number of hydrogen-bond donors (Lipinski definition) is 1. The molecular weight excluding hydrogens is 320 g/mol. The van der Waals surface area contributed by atoms with Crippen LogP contribution in [0.15, 0.2) is 51.7 Å². The molecule has 0 amide bonds. The largest absolute Gasteiger partial charge is 0.399 e. The average Bonchev–Trinajstić information content (AvgIpc) is 2.87. The molecule has 100 valence electrons. The molecule has 0 aliphatic heterocycles. The Hall–Kier alpha value is -2.21. The summed E-state index contributed by atoms with van der Waals surface area (Å²) in [6, 6.07) is 9.35. The Morgan fingerprint density at radius 1 is 1.15 bits per heavy atom. The molecule has 0 aliphatic carbocycles. The van der Waals surface area contributed by atoms with Gasteiger partial charge in [-0.3, -0.25) is 4.98 Å². The van der Waals surface area contributed by atoms with Crippen molar-refractivity contribution in [2.75, 3.05) is 5.73 Å². The van der Waals surface area contributed by atoms with Crippen LogP contribution in [0.2, 0.25) is 0 Å². The van der Waals surface area contributed by atoms with Gasteiger partial charge in [0.1, 0.15) is 0 Å². The van der Waals surface area contributed by atoms with Gasteiger partial charge in [-0.05, 0) is 35.9 Å². The van der Waals surface area contributed by atoms with E-state index in [1.165, 1.54) is 0 Å². The molecule has 0 unspecified atom stereocenters. The van der Waals surface area contributed by atoms with E-state index in [9.17, 15) is 0 Å². The smallest absolute Gasteiger partial charge is 0.258 e. The van der Waals surface area contributed by atoms with E-state index in [-0.39, 0.29) is 0 Å². The molecule has 2 N–H and O–H groups in total. The summed E-state index contributed by atoms with van der Waals surface area (Å²) in [6.07, 6.45) is 4.09. The number of hydrogen-bond acceptors (Lipinski definition) is 5. The molecule has 2 heterocycles. The van der Waals surface area contributed by atoms with E-state index in [4.69, 9.17) is 10.3 Å². The summed E-state index contributed by atoms with van der Waals surface area (Å²) in [4.78, 5) is 8.36. The van der Waals surface area contributed by atoms with Crippen LogP contribution in [-0.2, 0) is 6.42 Å². The number of halogens is 1. The Morgan fingerprint density at radius 2 is 1.95 bits per heavy atom. The van der Waals surface area contributed by atoms with Crippen molar-refractivity contribution in [3.05, 3.63) is 58.6 Å². The van der Waals surface area contributed by atoms with Gasteiger partial charge in [-0.15, -0.1) is 0 Å².